The Kier molecular flexibility index (Phi) is 7.94. The minimum absolute atomic E-state index is 0.254. The fourth-order valence-electron chi connectivity index (χ4n) is 3.96. The second kappa shape index (κ2) is 10.9. The number of rotatable bonds is 10. The maximum absolute atomic E-state index is 6.53. The number of hydrogen-bond acceptors (Lipinski definition) is 5. The number of nitrogens with zero attached hydrogens (tertiary/aromatic N) is 3. The fourth-order valence-corrected chi connectivity index (χ4v) is 4.51. The van der Waals surface area contributed by atoms with Crippen molar-refractivity contribution in [3.8, 4) is 5.75 Å². The Morgan fingerprint density at radius 3 is 2.61 bits per heavy atom. The molecule has 0 radical (unpaired) electrons. The van der Waals surface area contributed by atoms with Gasteiger partial charge in [0, 0.05) is 29.5 Å². The maximum atomic E-state index is 6.53. The van der Waals surface area contributed by atoms with Crippen LogP contribution in [0.1, 0.15) is 25.0 Å². The van der Waals surface area contributed by atoms with Crippen molar-refractivity contribution in [2.45, 2.75) is 38.8 Å². The van der Waals surface area contributed by atoms with Gasteiger partial charge in [-0.15, -0.1) is 0 Å². The first-order valence-corrected chi connectivity index (χ1v) is 11.9. The molecular formula is C25H29Cl2N3O3. The highest BCUT2D eigenvalue weighted by atomic mass is 35.5. The van der Waals surface area contributed by atoms with Crippen LogP contribution < -0.4 is 4.74 Å². The van der Waals surface area contributed by atoms with Crippen LogP contribution in [0.4, 0.5) is 0 Å². The number of benzene rings is 2. The molecule has 1 saturated heterocycles. The lowest BCUT2D eigenvalue weighted by molar-refractivity contribution is -0.189. The smallest absolute Gasteiger partial charge is 0.215 e. The molecule has 1 aliphatic heterocycles. The molecular weight excluding hydrogens is 461 g/mol. The molecule has 8 heteroatoms. The Morgan fingerprint density at radius 2 is 1.94 bits per heavy atom. The molecule has 0 amide bonds. The SMILES string of the molecule is CCN(CC)Cc1ccc(OC[C@@H]2CO[C@@](Cn3ccnc3)(c3ccc(Cl)cc3Cl)O2)cc1. The summed E-state index contributed by atoms with van der Waals surface area (Å²) in [5, 5.41) is 1.05. The molecule has 0 bridgehead atoms. The van der Waals surface area contributed by atoms with E-state index in [0.717, 1.165) is 30.9 Å². The number of halogens is 2. The zero-order valence-electron chi connectivity index (χ0n) is 18.9. The van der Waals surface area contributed by atoms with Crippen LogP contribution in [0.15, 0.2) is 61.2 Å². The zero-order valence-corrected chi connectivity index (χ0v) is 20.4. The third kappa shape index (κ3) is 5.89. The molecule has 176 valence electrons. The molecule has 1 fully saturated rings. The van der Waals surface area contributed by atoms with Crippen molar-refractivity contribution in [2.75, 3.05) is 26.3 Å². The van der Waals surface area contributed by atoms with E-state index < -0.39 is 5.79 Å². The molecule has 0 unspecified atom stereocenters. The van der Waals surface area contributed by atoms with Crippen molar-refractivity contribution < 1.29 is 14.2 Å². The first-order chi connectivity index (χ1) is 16.0. The van der Waals surface area contributed by atoms with E-state index in [1.807, 2.05) is 29.0 Å². The largest absolute Gasteiger partial charge is 0.491 e. The van der Waals surface area contributed by atoms with Gasteiger partial charge in [-0.25, -0.2) is 4.98 Å². The molecule has 3 aromatic rings. The predicted octanol–water partition coefficient (Wildman–Crippen LogP) is 5.38. The van der Waals surface area contributed by atoms with Crippen LogP contribution in [0.3, 0.4) is 0 Å². The summed E-state index contributed by atoms with van der Waals surface area (Å²) in [6.07, 6.45) is 5.05. The van der Waals surface area contributed by atoms with Gasteiger partial charge in [0.15, 0.2) is 0 Å². The van der Waals surface area contributed by atoms with Gasteiger partial charge in [0.1, 0.15) is 18.5 Å². The van der Waals surface area contributed by atoms with Gasteiger partial charge in [0.25, 0.3) is 0 Å². The van der Waals surface area contributed by atoms with Crippen LogP contribution in [0.5, 0.6) is 5.75 Å². The van der Waals surface area contributed by atoms with E-state index in [1.54, 1.807) is 24.7 Å². The van der Waals surface area contributed by atoms with Crippen molar-refractivity contribution in [1.82, 2.24) is 14.5 Å². The summed E-state index contributed by atoms with van der Waals surface area (Å²) in [7, 11) is 0. The van der Waals surface area contributed by atoms with Crippen LogP contribution in [-0.2, 0) is 28.4 Å². The Bertz CT molecular complexity index is 1030. The van der Waals surface area contributed by atoms with Crippen LogP contribution in [-0.4, -0.2) is 46.9 Å². The second-order valence-electron chi connectivity index (χ2n) is 8.08. The molecule has 0 spiro atoms. The van der Waals surface area contributed by atoms with Crippen molar-refractivity contribution in [3.05, 3.63) is 82.4 Å². The van der Waals surface area contributed by atoms with Gasteiger partial charge in [-0.2, -0.15) is 0 Å². The van der Waals surface area contributed by atoms with E-state index in [-0.39, 0.29) is 6.10 Å². The minimum atomic E-state index is -1.05. The first kappa shape index (κ1) is 24.0. The standard InChI is InChI=1S/C25H29Cl2N3O3/c1-3-29(4-2)14-19-5-8-21(9-6-19)31-15-22-16-32-25(33-22,17-30-12-11-28-18-30)23-10-7-20(26)13-24(23)27/h5-13,18,22H,3-4,14-17H2,1-2H3/t22-,25-/m1/s1. The Balaban J connectivity index is 1.43. The van der Waals surface area contributed by atoms with E-state index in [2.05, 4.69) is 35.9 Å². The molecule has 0 aliphatic carbocycles. The highest BCUT2D eigenvalue weighted by Crippen LogP contribution is 2.40. The quantitative estimate of drug-likeness (QED) is 0.382. The van der Waals surface area contributed by atoms with Crippen LogP contribution >= 0.6 is 23.2 Å². The van der Waals surface area contributed by atoms with Crippen molar-refractivity contribution >= 4 is 23.2 Å². The van der Waals surface area contributed by atoms with Gasteiger partial charge in [0.05, 0.1) is 24.5 Å². The lowest BCUT2D eigenvalue weighted by Crippen LogP contribution is -2.34. The number of imidazole rings is 1. The third-order valence-electron chi connectivity index (χ3n) is 5.81. The topological polar surface area (TPSA) is 48.8 Å². The summed E-state index contributed by atoms with van der Waals surface area (Å²) in [5.74, 6) is -0.247. The fraction of sp³-hybridized carbons (Fsp3) is 0.400. The summed E-state index contributed by atoms with van der Waals surface area (Å²) in [5.41, 5.74) is 1.99. The molecule has 0 saturated carbocycles. The molecule has 1 aromatic heterocycles. The van der Waals surface area contributed by atoms with Crippen LogP contribution in [0.2, 0.25) is 10.0 Å². The molecule has 2 aromatic carbocycles. The van der Waals surface area contributed by atoms with E-state index in [1.165, 1.54) is 5.56 Å². The van der Waals surface area contributed by atoms with E-state index in [9.17, 15) is 0 Å². The van der Waals surface area contributed by atoms with E-state index in [4.69, 9.17) is 37.4 Å². The zero-order chi connectivity index (χ0) is 23.3. The molecule has 6 nitrogen and oxygen atoms in total. The molecule has 2 atom stereocenters. The lowest BCUT2D eigenvalue weighted by Gasteiger charge is -2.30. The van der Waals surface area contributed by atoms with Gasteiger partial charge in [0.2, 0.25) is 5.79 Å². The van der Waals surface area contributed by atoms with Crippen LogP contribution in [0, 0.1) is 0 Å². The van der Waals surface area contributed by atoms with Crippen molar-refractivity contribution in [3.63, 3.8) is 0 Å². The van der Waals surface area contributed by atoms with Gasteiger partial charge in [-0.3, -0.25) is 4.90 Å². The average Bonchev–Trinajstić information content (AvgIpc) is 3.47. The van der Waals surface area contributed by atoms with E-state index >= 15 is 0 Å². The normalized spacial score (nSPS) is 20.5. The number of hydrogen-bond donors (Lipinski definition) is 0. The Morgan fingerprint density at radius 1 is 1.15 bits per heavy atom. The van der Waals surface area contributed by atoms with Crippen molar-refractivity contribution in [1.29, 1.82) is 0 Å². The highest BCUT2D eigenvalue weighted by Gasteiger charge is 2.45. The second-order valence-corrected chi connectivity index (χ2v) is 8.92. The summed E-state index contributed by atoms with van der Waals surface area (Å²) in [6.45, 7) is 8.51. The van der Waals surface area contributed by atoms with Gasteiger partial charge < -0.3 is 18.8 Å². The van der Waals surface area contributed by atoms with Gasteiger partial charge in [-0.1, -0.05) is 55.2 Å². The first-order valence-electron chi connectivity index (χ1n) is 11.2. The number of aromatic nitrogens is 2. The summed E-state index contributed by atoms with van der Waals surface area (Å²) < 4.78 is 20.6. The molecule has 33 heavy (non-hydrogen) atoms. The monoisotopic (exact) mass is 489 g/mol. The molecule has 1 aliphatic rings. The number of ether oxygens (including phenoxy) is 3. The lowest BCUT2D eigenvalue weighted by atomic mass is 10.1. The summed E-state index contributed by atoms with van der Waals surface area (Å²) in [6, 6.07) is 13.6. The Labute approximate surface area is 205 Å². The van der Waals surface area contributed by atoms with Gasteiger partial charge >= 0.3 is 0 Å². The predicted molar refractivity (Wildman–Crippen MR) is 130 cm³/mol. The molecule has 4 rings (SSSR count). The Hall–Kier alpha value is -2.09. The van der Waals surface area contributed by atoms with Crippen LogP contribution in [0.25, 0.3) is 0 Å². The summed E-state index contributed by atoms with van der Waals surface area (Å²) >= 11 is 12.6. The summed E-state index contributed by atoms with van der Waals surface area (Å²) in [4.78, 5) is 6.50. The average molecular weight is 490 g/mol. The highest BCUT2D eigenvalue weighted by molar-refractivity contribution is 6.35. The maximum Gasteiger partial charge on any atom is 0.215 e. The molecule has 2 heterocycles. The third-order valence-corrected chi connectivity index (χ3v) is 6.36. The molecule has 0 N–H and O–H groups in total. The van der Waals surface area contributed by atoms with E-state index in [0.29, 0.717) is 29.8 Å². The van der Waals surface area contributed by atoms with Gasteiger partial charge in [-0.05, 0) is 42.9 Å². The van der Waals surface area contributed by atoms with Crippen molar-refractivity contribution in [2.24, 2.45) is 0 Å². The minimum Gasteiger partial charge on any atom is -0.491 e.